The maximum Gasteiger partial charge on any atom is 0.275 e. The first-order chi connectivity index (χ1) is 12.0. The van der Waals surface area contributed by atoms with E-state index in [1.54, 1.807) is 14.2 Å². The van der Waals surface area contributed by atoms with Crippen molar-refractivity contribution < 1.29 is 19.6 Å². The van der Waals surface area contributed by atoms with Crippen molar-refractivity contribution in [3.8, 4) is 11.5 Å². The molecule has 0 aliphatic carbocycles. The molecule has 1 amide bonds. The van der Waals surface area contributed by atoms with Crippen molar-refractivity contribution in [2.75, 3.05) is 20.8 Å². The van der Waals surface area contributed by atoms with Crippen LogP contribution < -0.4 is 20.1 Å². The quantitative estimate of drug-likeness (QED) is 0.705. The Morgan fingerprint density at radius 2 is 1.88 bits per heavy atom. The normalized spacial score (nSPS) is 11.7. The second-order valence-electron chi connectivity index (χ2n) is 5.75. The Balaban J connectivity index is 1.79. The Kier molecular flexibility index (Phi) is 7.28. The van der Waals surface area contributed by atoms with Crippen LogP contribution in [-0.4, -0.2) is 26.7 Å². The van der Waals surface area contributed by atoms with Crippen LogP contribution in [-0.2, 0) is 11.3 Å². The summed E-state index contributed by atoms with van der Waals surface area (Å²) in [4.78, 5) is 12.0. The third kappa shape index (κ3) is 5.76. The minimum atomic E-state index is 0.00949. The van der Waals surface area contributed by atoms with Gasteiger partial charge in [0.1, 0.15) is 17.5 Å². The van der Waals surface area contributed by atoms with Gasteiger partial charge < -0.3 is 20.1 Å². The molecule has 3 N–H and O–H groups in total. The van der Waals surface area contributed by atoms with E-state index in [0.29, 0.717) is 13.1 Å². The molecular weight excluding hydrogens is 384 g/mol. The number of halogens is 1. The lowest BCUT2D eigenvalue weighted by molar-refractivity contribution is -0.682. The van der Waals surface area contributed by atoms with Crippen LogP contribution in [0.4, 0.5) is 0 Å². The largest absolute Gasteiger partial charge is 0.497 e. The Labute approximate surface area is 156 Å². The molecule has 0 bridgehead atoms. The summed E-state index contributed by atoms with van der Waals surface area (Å²) in [5.41, 5.74) is 2.18. The molecule has 0 aliphatic rings. The van der Waals surface area contributed by atoms with E-state index < -0.39 is 0 Å². The smallest absolute Gasteiger partial charge is 0.275 e. The van der Waals surface area contributed by atoms with Crippen molar-refractivity contribution in [2.45, 2.75) is 19.5 Å². The molecule has 0 spiro atoms. The van der Waals surface area contributed by atoms with Crippen LogP contribution in [0.5, 0.6) is 11.5 Å². The molecule has 2 aromatic rings. The van der Waals surface area contributed by atoms with E-state index in [9.17, 15) is 4.79 Å². The zero-order chi connectivity index (χ0) is 18.2. The standard InChI is InChI=1S/C19H23BrN2O3/c1-13(15-6-9-18(25-3)17(20)10-15)21-12-19(23)22-11-14-4-7-16(24-2)8-5-14/h4-10,13,21H,11-12H2,1-3H3,(H,22,23)/p+1/t13-/m1/s1. The first-order valence-electron chi connectivity index (χ1n) is 8.10. The van der Waals surface area contributed by atoms with Gasteiger partial charge in [-0.05, 0) is 58.7 Å². The van der Waals surface area contributed by atoms with Crippen LogP contribution in [0.15, 0.2) is 46.9 Å². The average Bonchev–Trinajstić information content (AvgIpc) is 2.64. The van der Waals surface area contributed by atoms with Crippen LogP contribution in [0.1, 0.15) is 24.1 Å². The highest BCUT2D eigenvalue weighted by Crippen LogP contribution is 2.27. The van der Waals surface area contributed by atoms with Crippen molar-refractivity contribution in [1.82, 2.24) is 5.32 Å². The van der Waals surface area contributed by atoms with Crippen molar-refractivity contribution in [3.63, 3.8) is 0 Å². The van der Waals surface area contributed by atoms with Gasteiger partial charge in [0.2, 0.25) is 0 Å². The second kappa shape index (κ2) is 9.44. The number of ether oxygens (including phenoxy) is 2. The number of quaternary nitrogens is 1. The Bertz CT molecular complexity index is 704. The summed E-state index contributed by atoms with van der Waals surface area (Å²) < 4.78 is 11.3. The van der Waals surface area contributed by atoms with Crippen LogP contribution in [0.2, 0.25) is 0 Å². The number of rotatable bonds is 8. The van der Waals surface area contributed by atoms with E-state index in [1.807, 2.05) is 47.8 Å². The topological polar surface area (TPSA) is 64.2 Å². The minimum absolute atomic E-state index is 0.00949. The molecule has 0 fully saturated rings. The van der Waals surface area contributed by atoms with Crippen molar-refractivity contribution in [1.29, 1.82) is 0 Å². The summed E-state index contributed by atoms with van der Waals surface area (Å²) in [5, 5.41) is 4.94. The zero-order valence-electron chi connectivity index (χ0n) is 14.7. The lowest BCUT2D eigenvalue weighted by atomic mass is 10.1. The average molecular weight is 408 g/mol. The van der Waals surface area contributed by atoms with E-state index in [1.165, 1.54) is 0 Å². The van der Waals surface area contributed by atoms with Gasteiger partial charge in [0.15, 0.2) is 6.54 Å². The number of carbonyl (C=O) groups excluding carboxylic acids is 1. The molecule has 0 saturated carbocycles. The summed E-state index contributed by atoms with van der Waals surface area (Å²) in [7, 11) is 3.28. The van der Waals surface area contributed by atoms with Gasteiger partial charge in [0.25, 0.3) is 5.91 Å². The molecule has 0 heterocycles. The van der Waals surface area contributed by atoms with Crippen molar-refractivity contribution in [3.05, 3.63) is 58.1 Å². The number of methoxy groups -OCH3 is 2. The van der Waals surface area contributed by atoms with Crippen LogP contribution in [0.25, 0.3) is 0 Å². The molecule has 1 atom stereocenters. The molecule has 134 valence electrons. The van der Waals surface area contributed by atoms with Crippen molar-refractivity contribution >= 4 is 21.8 Å². The second-order valence-corrected chi connectivity index (χ2v) is 6.60. The third-order valence-corrected chi connectivity index (χ3v) is 4.63. The molecule has 5 nitrogen and oxygen atoms in total. The molecule has 2 rings (SSSR count). The van der Waals surface area contributed by atoms with Gasteiger partial charge in [-0.15, -0.1) is 0 Å². The molecule has 0 saturated heterocycles. The first-order valence-corrected chi connectivity index (χ1v) is 8.89. The number of hydrogen-bond donors (Lipinski definition) is 2. The van der Waals surface area contributed by atoms with Crippen molar-refractivity contribution in [2.24, 2.45) is 0 Å². The highest BCUT2D eigenvalue weighted by Gasteiger charge is 2.13. The van der Waals surface area contributed by atoms with E-state index in [2.05, 4.69) is 28.2 Å². The third-order valence-electron chi connectivity index (χ3n) is 4.01. The van der Waals surface area contributed by atoms with Gasteiger partial charge >= 0.3 is 0 Å². The molecule has 25 heavy (non-hydrogen) atoms. The fourth-order valence-corrected chi connectivity index (χ4v) is 2.96. The zero-order valence-corrected chi connectivity index (χ0v) is 16.3. The van der Waals surface area contributed by atoms with Crippen LogP contribution in [0.3, 0.4) is 0 Å². The number of nitrogens with two attached hydrogens (primary N) is 1. The SMILES string of the molecule is COc1ccc(CNC(=O)C[NH2+][C@H](C)c2ccc(OC)c(Br)c2)cc1. The maximum atomic E-state index is 12.0. The molecular formula is C19H24BrN2O3+. The van der Waals surface area contributed by atoms with Gasteiger partial charge in [-0.1, -0.05) is 12.1 Å². The van der Waals surface area contributed by atoms with Gasteiger partial charge in [-0.25, -0.2) is 0 Å². The van der Waals surface area contributed by atoms with Crippen LogP contribution >= 0.6 is 15.9 Å². The highest BCUT2D eigenvalue weighted by atomic mass is 79.9. The Morgan fingerprint density at radius 1 is 1.16 bits per heavy atom. The first kappa shape index (κ1) is 19.3. The minimum Gasteiger partial charge on any atom is -0.497 e. The number of hydrogen-bond acceptors (Lipinski definition) is 3. The van der Waals surface area contributed by atoms with Gasteiger partial charge in [0.05, 0.1) is 18.7 Å². The van der Waals surface area contributed by atoms with E-state index in [4.69, 9.17) is 9.47 Å². The molecule has 6 heteroatoms. The molecule has 2 aromatic carbocycles. The summed E-state index contributed by atoms with van der Waals surface area (Å²) in [6.07, 6.45) is 0. The predicted molar refractivity (Wildman–Crippen MR) is 101 cm³/mol. The van der Waals surface area contributed by atoms with E-state index >= 15 is 0 Å². The number of carbonyl (C=O) groups is 1. The summed E-state index contributed by atoms with van der Waals surface area (Å²) in [6.45, 7) is 2.96. The Hall–Kier alpha value is -2.05. The van der Waals surface area contributed by atoms with E-state index in [-0.39, 0.29) is 11.9 Å². The predicted octanol–water partition coefficient (Wildman–Crippen LogP) is 2.41. The maximum absolute atomic E-state index is 12.0. The van der Waals surface area contributed by atoms with E-state index in [0.717, 1.165) is 27.1 Å². The van der Waals surface area contributed by atoms with Gasteiger partial charge in [-0.2, -0.15) is 0 Å². The fourth-order valence-electron chi connectivity index (χ4n) is 2.40. The number of amides is 1. The highest BCUT2D eigenvalue weighted by molar-refractivity contribution is 9.10. The molecule has 0 unspecified atom stereocenters. The molecule has 0 aliphatic heterocycles. The fraction of sp³-hybridized carbons (Fsp3) is 0.316. The van der Waals surface area contributed by atoms with Gasteiger partial charge in [0, 0.05) is 12.1 Å². The monoisotopic (exact) mass is 407 g/mol. The Morgan fingerprint density at radius 3 is 2.48 bits per heavy atom. The summed E-state index contributed by atoms with van der Waals surface area (Å²) in [5.74, 6) is 1.62. The summed E-state index contributed by atoms with van der Waals surface area (Å²) >= 11 is 3.49. The number of nitrogens with one attached hydrogen (secondary N) is 1. The molecule has 0 aromatic heterocycles. The lowest BCUT2D eigenvalue weighted by Gasteiger charge is -2.13. The molecule has 0 radical (unpaired) electrons. The number of benzene rings is 2. The summed E-state index contributed by atoms with van der Waals surface area (Å²) in [6, 6.07) is 13.8. The van der Waals surface area contributed by atoms with Gasteiger partial charge in [-0.3, -0.25) is 4.79 Å². The van der Waals surface area contributed by atoms with Crippen LogP contribution in [0, 0.1) is 0 Å². The lowest BCUT2D eigenvalue weighted by Crippen LogP contribution is -2.87.